The monoisotopic (exact) mass is 452 g/mol. The Morgan fingerprint density at radius 1 is 1.21 bits per heavy atom. The number of nitrogens with one attached hydrogen (secondary N) is 1. The molecule has 24 heavy (non-hydrogen) atoms. The maximum atomic E-state index is 11.9. The molecule has 1 unspecified atom stereocenters. The first-order valence-corrected chi connectivity index (χ1v) is 9.33. The van der Waals surface area contributed by atoms with Crippen LogP contribution >= 0.6 is 24.0 Å². The van der Waals surface area contributed by atoms with Crippen molar-refractivity contribution in [1.29, 1.82) is 0 Å². The van der Waals surface area contributed by atoms with Gasteiger partial charge in [-0.25, -0.2) is 0 Å². The van der Waals surface area contributed by atoms with Gasteiger partial charge < -0.3 is 16.0 Å². The summed E-state index contributed by atoms with van der Waals surface area (Å²) in [5, 5.41) is 3.26. The van der Waals surface area contributed by atoms with Gasteiger partial charge in [-0.3, -0.25) is 9.79 Å². The van der Waals surface area contributed by atoms with Crippen LogP contribution in [0.5, 0.6) is 0 Å². The quantitative estimate of drug-likeness (QED) is 0.244. The number of likely N-dealkylation sites (tertiary alicyclic amines) is 1. The molecule has 1 heterocycles. The average molecular weight is 452 g/mol. The Bertz CT molecular complexity index is 374. The van der Waals surface area contributed by atoms with Gasteiger partial charge in [-0.05, 0) is 38.5 Å². The molecule has 1 rings (SSSR count). The van der Waals surface area contributed by atoms with Crippen molar-refractivity contribution in [3.8, 4) is 0 Å². The molecule has 6 heteroatoms. The zero-order valence-corrected chi connectivity index (χ0v) is 18.1. The Morgan fingerprint density at radius 3 is 2.67 bits per heavy atom. The maximum absolute atomic E-state index is 11.9. The van der Waals surface area contributed by atoms with Gasteiger partial charge >= 0.3 is 0 Å². The molecule has 0 aromatic rings. The van der Waals surface area contributed by atoms with Crippen LogP contribution in [0.3, 0.4) is 0 Å². The standard InChI is InChI=1S/C18H36N4O.HI/c1-15(2)9-7-10-16(3)21-18(19)20-12-8-14-22-13-6-4-5-11-17(22)23;/h15-16H,4-14H2,1-3H3,(H3,19,20,21);1H. The molecule has 3 N–H and O–H groups in total. The van der Waals surface area contributed by atoms with E-state index in [4.69, 9.17) is 5.73 Å². The number of aliphatic imine (C=N–C) groups is 1. The van der Waals surface area contributed by atoms with E-state index in [9.17, 15) is 4.79 Å². The molecular weight excluding hydrogens is 415 g/mol. The smallest absolute Gasteiger partial charge is 0.222 e. The van der Waals surface area contributed by atoms with E-state index < -0.39 is 0 Å². The van der Waals surface area contributed by atoms with Crippen LogP contribution in [0.2, 0.25) is 0 Å². The Balaban J connectivity index is 0.00000529. The molecule has 0 spiro atoms. The molecular formula is C18H37IN4O. The van der Waals surface area contributed by atoms with E-state index in [1.807, 2.05) is 4.90 Å². The topological polar surface area (TPSA) is 70.7 Å². The fourth-order valence-corrected chi connectivity index (χ4v) is 2.94. The van der Waals surface area contributed by atoms with Crippen molar-refractivity contribution in [3.05, 3.63) is 0 Å². The Hall–Kier alpha value is -0.530. The van der Waals surface area contributed by atoms with Crippen molar-refractivity contribution in [2.45, 2.75) is 78.2 Å². The molecule has 0 aliphatic carbocycles. The van der Waals surface area contributed by atoms with Crippen LogP contribution in [-0.4, -0.2) is 42.4 Å². The number of guanidine groups is 1. The fourth-order valence-electron chi connectivity index (χ4n) is 2.94. The molecule has 0 aromatic heterocycles. The molecule has 0 aromatic carbocycles. The summed E-state index contributed by atoms with van der Waals surface area (Å²) in [6.07, 6.45) is 8.54. The van der Waals surface area contributed by atoms with Gasteiger partial charge in [-0.1, -0.05) is 33.1 Å². The Labute approximate surface area is 165 Å². The van der Waals surface area contributed by atoms with E-state index >= 15 is 0 Å². The number of halogens is 1. The summed E-state index contributed by atoms with van der Waals surface area (Å²) >= 11 is 0. The molecule has 1 aliphatic heterocycles. The lowest BCUT2D eigenvalue weighted by Gasteiger charge is -2.20. The summed E-state index contributed by atoms with van der Waals surface area (Å²) < 4.78 is 0. The Kier molecular flexibility index (Phi) is 13.4. The number of nitrogens with zero attached hydrogens (tertiary/aromatic N) is 2. The summed E-state index contributed by atoms with van der Waals surface area (Å²) in [5.74, 6) is 1.59. The normalized spacial score (nSPS) is 17.4. The highest BCUT2D eigenvalue weighted by molar-refractivity contribution is 14.0. The largest absolute Gasteiger partial charge is 0.370 e. The highest BCUT2D eigenvalue weighted by Crippen LogP contribution is 2.11. The van der Waals surface area contributed by atoms with Gasteiger partial charge in [0.05, 0.1) is 0 Å². The summed E-state index contributed by atoms with van der Waals surface area (Å²) in [6.45, 7) is 9.05. The molecule has 0 bridgehead atoms. The maximum Gasteiger partial charge on any atom is 0.222 e. The van der Waals surface area contributed by atoms with Gasteiger partial charge in [-0.15, -0.1) is 24.0 Å². The van der Waals surface area contributed by atoms with Gasteiger partial charge in [-0.2, -0.15) is 0 Å². The van der Waals surface area contributed by atoms with E-state index in [0.717, 1.165) is 44.7 Å². The number of nitrogens with two attached hydrogens (primary N) is 1. The van der Waals surface area contributed by atoms with E-state index in [1.165, 1.54) is 19.3 Å². The molecule has 1 atom stereocenters. The molecule has 0 radical (unpaired) electrons. The third-order valence-corrected chi connectivity index (χ3v) is 4.35. The minimum absolute atomic E-state index is 0. The zero-order valence-electron chi connectivity index (χ0n) is 15.7. The molecule has 1 aliphatic rings. The molecule has 0 saturated carbocycles. The van der Waals surface area contributed by atoms with Crippen molar-refractivity contribution >= 4 is 35.8 Å². The molecule has 1 fully saturated rings. The number of hydrogen-bond donors (Lipinski definition) is 2. The number of hydrogen-bond acceptors (Lipinski definition) is 2. The van der Waals surface area contributed by atoms with E-state index in [-0.39, 0.29) is 24.0 Å². The third kappa shape index (κ3) is 11.1. The predicted molar refractivity (Wildman–Crippen MR) is 113 cm³/mol. The predicted octanol–water partition coefficient (Wildman–Crippen LogP) is 3.52. The van der Waals surface area contributed by atoms with Gasteiger partial charge in [0.1, 0.15) is 0 Å². The van der Waals surface area contributed by atoms with E-state index in [1.54, 1.807) is 0 Å². The SMILES string of the molecule is CC(C)CCCC(C)NC(N)=NCCCN1CCCCCC1=O.I. The highest BCUT2D eigenvalue weighted by Gasteiger charge is 2.15. The first-order chi connectivity index (χ1) is 11.0. The van der Waals surface area contributed by atoms with E-state index in [0.29, 0.717) is 30.9 Å². The summed E-state index contributed by atoms with van der Waals surface area (Å²) in [6, 6.07) is 0.365. The fraction of sp³-hybridized carbons (Fsp3) is 0.889. The van der Waals surface area contributed by atoms with Gasteiger partial charge in [0.2, 0.25) is 5.91 Å². The number of carbonyl (C=O) groups is 1. The molecule has 142 valence electrons. The van der Waals surface area contributed by atoms with Crippen molar-refractivity contribution in [1.82, 2.24) is 10.2 Å². The van der Waals surface area contributed by atoms with Crippen molar-refractivity contribution in [3.63, 3.8) is 0 Å². The molecule has 1 amide bonds. The van der Waals surface area contributed by atoms with Crippen LogP contribution in [0, 0.1) is 5.92 Å². The van der Waals surface area contributed by atoms with Crippen LogP contribution in [0.15, 0.2) is 4.99 Å². The summed E-state index contributed by atoms with van der Waals surface area (Å²) in [7, 11) is 0. The number of rotatable bonds is 9. The second kappa shape index (κ2) is 13.7. The highest BCUT2D eigenvalue weighted by atomic mass is 127. The van der Waals surface area contributed by atoms with Crippen LogP contribution in [0.4, 0.5) is 0 Å². The average Bonchev–Trinajstić information content (AvgIpc) is 2.68. The van der Waals surface area contributed by atoms with Crippen LogP contribution in [0.25, 0.3) is 0 Å². The first kappa shape index (κ1) is 23.5. The van der Waals surface area contributed by atoms with Gasteiger partial charge in [0.15, 0.2) is 5.96 Å². The minimum Gasteiger partial charge on any atom is -0.370 e. The van der Waals surface area contributed by atoms with Crippen LogP contribution in [0.1, 0.15) is 72.1 Å². The van der Waals surface area contributed by atoms with Crippen LogP contribution < -0.4 is 11.1 Å². The summed E-state index contributed by atoms with van der Waals surface area (Å²) in [4.78, 5) is 18.3. The van der Waals surface area contributed by atoms with Crippen molar-refractivity contribution in [2.75, 3.05) is 19.6 Å². The minimum atomic E-state index is 0. The lowest BCUT2D eigenvalue weighted by molar-refractivity contribution is -0.130. The van der Waals surface area contributed by atoms with E-state index in [2.05, 4.69) is 31.1 Å². The number of carbonyl (C=O) groups excluding carboxylic acids is 1. The first-order valence-electron chi connectivity index (χ1n) is 9.33. The second-order valence-corrected chi connectivity index (χ2v) is 7.18. The lowest BCUT2D eigenvalue weighted by atomic mass is 10.0. The van der Waals surface area contributed by atoms with Gasteiger partial charge in [0, 0.05) is 32.1 Å². The third-order valence-electron chi connectivity index (χ3n) is 4.35. The summed E-state index contributed by atoms with van der Waals surface area (Å²) in [5.41, 5.74) is 5.94. The van der Waals surface area contributed by atoms with Gasteiger partial charge in [0.25, 0.3) is 0 Å². The second-order valence-electron chi connectivity index (χ2n) is 7.18. The molecule has 5 nitrogen and oxygen atoms in total. The van der Waals surface area contributed by atoms with Crippen molar-refractivity contribution in [2.24, 2.45) is 16.6 Å². The molecule has 1 saturated heterocycles. The Morgan fingerprint density at radius 2 is 1.96 bits per heavy atom. The van der Waals surface area contributed by atoms with Crippen molar-refractivity contribution < 1.29 is 4.79 Å². The number of amides is 1. The van der Waals surface area contributed by atoms with Crippen LogP contribution in [-0.2, 0) is 4.79 Å². The lowest BCUT2D eigenvalue weighted by Crippen LogP contribution is -2.38. The zero-order chi connectivity index (χ0) is 17.1.